The highest BCUT2D eigenvalue weighted by Crippen LogP contribution is 2.44. The van der Waals surface area contributed by atoms with Gasteiger partial charge in [0.25, 0.3) is 11.3 Å². The minimum atomic E-state index is -5.07. The van der Waals surface area contributed by atoms with E-state index in [-0.39, 0.29) is 23.4 Å². The Kier molecular flexibility index (Phi) is 7.33. The number of nitro groups is 1. The van der Waals surface area contributed by atoms with Crippen molar-refractivity contribution in [2.45, 2.75) is 31.7 Å². The van der Waals surface area contributed by atoms with E-state index in [0.717, 1.165) is 40.7 Å². The lowest BCUT2D eigenvalue weighted by Gasteiger charge is -2.32. The van der Waals surface area contributed by atoms with Gasteiger partial charge in [-0.1, -0.05) is 54.6 Å². The number of halogens is 3. The van der Waals surface area contributed by atoms with Crippen molar-refractivity contribution in [2.24, 2.45) is 0 Å². The molecule has 1 unspecified atom stereocenters. The summed E-state index contributed by atoms with van der Waals surface area (Å²) in [5.41, 5.74) is -2.65. The number of aromatic nitrogens is 3. The van der Waals surface area contributed by atoms with E-state index in [1.54, 1.807) is 18.2 Å². The lowest BCUT2D eigenvalue weighted by Crippen LogP contribution is -2.46. The number of carbonyl (C=O) groups is 1. The van der Waals surface area contributed by atoms with Crippen molar-refractivity contribution < 1.29 is 32.0 Å². The van der Waals surface area contributed by atoms with Gasteiger partial charge in [-0.15, -0.1) is 5.10 Å². The number of nitrogens with zero attached hydrogens (tertiary/aromatic N) is 4. The molecule has 0 amide bonds. The molecule has 0 spiro atoms. The number of hydrogen-bond donors (Lipinski definition) is 0. The number of hydrogen-bond acceptors (Lipinski definition) is 8. The molecule has 0 fully saturated rings. The van der Waals surface area contributed by atoms with Crippen LogP contribution < -0.4 is 5.63 Å². The van der Waals surface area contributed by atoms with E-state index in [0.29, 0.717) is 16.5 Å². The molecule has 0 aliphatic carbocycles. The van der Waals surface area contributed by atoms with Gasteiger partial charge in [-0.05, 0) is 41.3 Å². The molecule has 5 rings (SSSR count). The molecule has 0 aliphatic rings. The van der Waals surface area contributed by atoms with E-state index in [1.807, 2.05) is 30.3 Å². The van der Waals surface area contributed by atoms with Crippen molar-refractivity contribution in [1.29, 1.82) is 0 Å². The van der Waals surface area contributed by atoms with E-state index in [1.165, 1.54) is 13.0 Å². The van der Waals surface area contributed by atoms with Crippen LogP contribution in [0.4, 0.5) is 18.9 Å². The summed E-state index contributed by atoms with van der Waals surface area (Å²) in [6.07, 6.45) is -4.75. The maximum Gasteiger partial charge on any atom is 0.434 e. The molecule has 3 aromatic carbocycles. The first kappa shape index (κ1) is 28.2. The number of carbonyl (C=O) groups excluding carboxylic acids is 1. The molecule has 214 valence electrons. The second-order valence-electron chi connectivity index (χ2n) is 9.35. The summed E-state index contributed by atoms with van der Waals surface area (Å²) >= 11 is 0. The fourth-order valence-electron chi connectivity index (χ4n) is 4.56. The van der Waals surface area contributed by atoms with Crippen LogP contribution in [-0.2, 0) is 16.9 Å². The molecule has 0 N–H and O–H groups in total. The molecule has 0 radical (unpaired) electrons. The molecule has 0 aliphatic heterocycles. The summed E-state index contributed by atoms with van der Waals surface area (Å²) in [4.78, 5) is 35.1. The SMILES string of the molecule is CCC(OC(=O)c1ccc([N+](=O)[O-])cc1)(c1cn(Cc2ccc3c(-c4ccccc4)cc(=O)oc3c2)nn1)C(F)(F)F. The van der Waals surface area contributed by atoms with Gasteiger partial charge in [0.1, 0.15) is 11.3 Å². The Balaban J connectivity index is 1.44. The average Bonchev–Trinajstić information content (AvgIpc) is 3.43. The Hall–Kier alpha value is -5.33. The molecule has 0 saturated carbocycles. The van der Waals surface area contributed by atoms with Gasteiger partial charge < -0.3 is 9.15 Å². The van der Waals surface area contributed by atoms with Crippen molar-refractivity contribution in [3.05, 3.63) is 122 Å². The number of non-ortho nitro benzene ring substituents is 1. The van der Waals surface area contributed by atoms with Crippen molar-refractivity contribution in [3.8, 4) is 11.1 Å². The normalized spacial score (nSPS) is 13.0. The summed E-state index contributed by atoms with van der Waals surface area (Å²) in [5.74, 6) is -1.34. The first-order valence-electron chi connectivity index (χ1n) is 12.6. The fraction of sp³-hybridized carbons (Fsp3) is 0.172. The van der Waals surface area contributed by atoms with Gasteiger partial charge in [-0.2, -0.15) is 13.2 Å². The van der Waals surface area contributed by atoms with Gasteiger partial charge in [0, 0.05) is 23.6 Å². The smallest absolute Gasteiger partial charge is 0.434 e. The predicted molar refractivity (Wildman–Crippen MR) is 144 cm³/mol. The highest BCUT2D eigenvalue weighted by atomic mass is 19.4. The Bertz CT molecular complexity index is 1830. The van der Waals surface area contributed by atoms with Crippen LogP contribution >= 0.6 is 0 Å². The zero-order chi connectivity index (χ0) is 30.1. The number of nitro benzene ring substituents is 1. The molecular formula is C29H21F3N4O6. The minimum Gasteiger partial charge on any atom is -0.439 e. The molecular weight excluding hydrogens is 557 g/mol. The van der Waals surface area contributed by atoms with Crippen molar-refractivity contribution in [3.63, 3.8) is 0 Å². The third kappa shape index (κ3) is 5.36. The van der Waals surface area contributed by atoms with E-state index in [2.05, 4.69) is 10.3 Å². The second kappa shape index (κ2) is 10.9. The number of esters is 1. The standard InChI is InChI=1S/C29H21F3N4O6/c1-2-28(29(30,31)32,42-27(38)20-9-11-21(12-10-20)36(39)40)25-17-35(34-33-25)16-18-8-13-22-23(19-6-4-3-5-7-19)15-26(37)41-24(22)14-18/h3-15,17H,2,16H2,1H3. The highest BCUT2D eigenvalue weighted by molar-refractivity contribution is 5.93. The van der Waals surface area contributed by atoms with E-state index < -0.39 is 40.4 Å². The zero-order valence-corrected chi connectivity index (χ0v) is 21.9. The van der Waals surface area contributed by atoms with Crippen LogP contribution in [0, 0.1) is 10.1 Å². The first-order chi connectivity index (χ1) is 20.0. The van der Waals surface area contributed by atoms with Crippen molar-refractivity contribution >= 4 is 22.6 Å². The monoisotopic (exact) mass is 578 g/mol. The van der Waals surface area contributed by atoms with E-state index in [4.69, 9.17) is 9.15 Å². The Labute approximate surface area is 235 Å². The quantitative estimate of drug-likeness (QED) is 0.0944. The van der Waals surface area contributed by atoms with Gasteiger partial charge in [0.2, 0.25) is 0 Å². The molecule has 10 nitrogen and oxygen atoms in total. The lowest BCUT2D eigenvalue weighted by atomic mass is 9.95. The number of benzene rings is 3. The van der Waals surface area contributed by atoms with Crippen LogP contribution in [0.3, 0.4) is 0 Å². The number of fused-ring (bicyclic) bond motifs is 1. The number of ether oxygens (including phenoxy) is 1. The molecule has 13 heteroatoms. The summed E-state index contributed by atoms with van der Waals surface area (Å²) < 4.78 is 54.9. The highest BCUT2D eigenvalue weighted by Gasteiger charge is 2.60. The summed E-state index contributed by atoms with van der Waals surface area (Å²) in [6.45, 7) is 1.15. The van der Waals surface area contributed by atoms with Gasteiger partial charge in [0.05, 0.1) is 23.2 Å². The first-order valence-corrected chi connectivity index (χ1v) is 12.6. The fourth-order valence-corrected chi connectivity index (χ4v) is 4.56. The van der Waals surface area contributed by atoms with Gasteiger partial charge in [-0.3, -0.25) is 10.1 Å². The third-order valence-corrected chi connectivity index (χ3v) is 6.73. The molecule has 0 saturated heterocycles. The van der Waals surface area contributed by atoms with Gasteiger partial charge in [0.15, 0.2) is 0 Å². The van der Waals surface area contributed by atoms with Gasteiger partial charge >= 0.3 is 17.8 Å². The van der Waals surface area contributed by atoms with Crippen LogP contribution in [0.25, 0.3) is 22.1 Å². The molecule has 2 heterocycles. The van der Waals surface area contributed by atoms with Crippen molar-refractivity contribution in [2.75, 3.05) is 0 Å². The van der Waals surface area contributed by atoms with E-state index >= 15 is 0 Å². The second-order valence-corrected chi connectivity index (χ2v) is 9.35. The van der Waals surface area contributed by atoms with Crippen LogP contribution in [0.15, 0.2) is 94.3 Å². The van der Waals surface area contributed by atoms with Crippen LogP contribution in [-0.4, -0.2) is 32.1 Å². The van der Waals surface area contributed by atoms with Crippen LogP contribution in [0.1, 0.15) is 35.0 Å². The number of alkyl halides is 3. The summed E-state index contributed by atoms with van der Waals surface area (Å²) in [5, 5.41) is 19.0. The predicted octanol–water partition coefficient (Wildman–Crippen LogP) is 6.03. The molecule has 2 aromatic heterocycles. The topological polar surface area (TPSA) is 130 Å². The molecule has 5 aromatic rings. The minimum absolute atomic E-state index is 0.0316. The molecule has 0 bridgehead atoms. The summed E-state index contributed by atoms with van der Waals surface area (Å²) in [6, 6.07) is 19.7. The number of rotatable bonds is 8. The Morgan fingerprint density at radius 1 is 1.05 bits per heavy atom. The third-order valence-electron chi connectivity index (χ3n) is 6.73. The maximum absolute atomic E-state index is 14.4. The average molecular weight is 579 g/mol. The Morgan fingerprint density at radius 3 is 2.40 bits per heavy atom. The molecule has 42 heavy (non-hydrogen) atoms. The largest absolute Gasteiger partial charge is 0.439 e. The Morgan fingerprint density at radius 2 is 1.76 bits per heavy atom. The van der Waals surface area contributed by atoms with Gasteiger partial charge in [-0.25, -0.2) is 14.3 Å². The lowest BCUT2D eigenvalue weighted by molar-refractivity contribution is -0.384. The van der Waals surface area contributed by atoms with E-state index in [9.17, 15) is 32.9 Å². The van der Waals surface area contributed by atoms with Crippen molar-refractivity contribution in [1.82, 2.24) is 15.0 Å². The summed E-state index contributed by atoms with van der Waals surface area (Å²) in [7, 11) is 0. The molecule has 1 atom stereocenters. The van der Waals surface area contributed by atoms with Crippen LogP contribution in [0.5, 0.6) is 0 Å². The maximum atomic E-state index is 14.4. The zero-order valence-electron chi connectivity index (χ0n) is 21.9. The van der Waals surface area contributed by atoms with Crippen LogP contribution in [0.2, 0.25) is 0 Å².